The predicted octanol–water partition coefficient (Wildman–Crippen LogP) is 5.97. The third-order valence-electron chi connectivity index (χ3n) is 2.47. The first-order chi connectivity index (χ1) is 8.90. The molecule has 0 fully saturated rings. The molecule has 0 heteroatoms. The molecule has 0 atom stereocenters. The van der Waals surface area contributed by atoms with E-state index in [1.54, 1.807) is 0 Å². The van der Waals surface area contributed by atoms with E-state index in [1.807, 2.05) is 33.8 Å². The van der Waals surface area contributed by atoms with Gasteiger partial charge in [0.25, 0.3) is 0 Å². The number of benzene rings is 2. The summed E-state index contributed by atoms with van der Waals surface area (Å²) < 4.78 is 0. The molecule has 2 aromatic carbocycles. The molecular formula is C18H26. The molecule has 0 aliphatic rings. The lowest BCUT2D eigenvalue weighted by Crippen LogP contribution is -1.80. The van der Waals surface area contributed by atoms with Crippen LogP contribution in [0.1, 0.15) is 40.2 Å². The van der Waals surface area contributed by atoms with Crippen LogP contribution < -0.4 is 0 Å². The second-order valence-electron chi connectivity index (χ2n) is 3.42. The van der Waals surface area contributed by atoms with Crippen molar-refractivity contribution in [2.75, 3.05) is 0 Å². The number of hydrogen-bond donors (Lipinski definition) is 0. The Morgan fingerprint density at radius 1 is 0.611 bits per heavy atom. The average molecular weight is 242 g/mol. The highest BCUT2D eigenvalue weighted by atomic mass is 14.0. The Morgan fingerprint density at radius 2 is 1.06 bits per heavy atom. The summed E-state index contributed by atoms with van der Waals surface area (Å²) in [5.41, 5.74) is 3.97. The van der Waals surface area contributed by atoms with E-state index < -0.39 is 0 Å². The highest BCUT2D eigenvalue weighted by Gasteiger charge is 1.95. The van der Waals surface area contributed by atoms with E-state index in [-0.39, 0.29) is 0 Å². The van der Waals surface area contributed by atoms with E-state index in [9.17, 15) is 0 Å². The van der Waals surface area contributed by atoms with Gasteiger partial charge in [-0.25, -0.2) is 0 Å². The summed E-state index contributed by atoms with van der Waals surface area (Å²) in [7, 11) is 0. The fraction of sp³-hybridized carbons (Fsp3) is 0.333. The van der Waals surface area contributed by atoms with Gasteiger partial charge in [-0.15, -0.1) is 0 Å². The molecule has 0 spiro atoms. The second kappa shape index (κ2) is 10.6. The van der Waals surface area contributed by atoms with Crippen molar-refractivity contribution in [2.45, 2.75) is 41.0 Å². The van der Waals surface area contributed by atoms with E-state index in [0.29, 0.717) is 0 Å². The number of hydrogen-bond acceptors (Lipinski definition) is 0. The molecule has 2 rings (SSSR count). The van der Waals surface area contributed by atoms with Crippen molar-refractivity contribution in [3.8, 4) is 11.1 Å². The molecule has 0 aliphatic carbocycles. The zero-order valence-corrected chi connectivity index (χ0v) is 12.4. The summed E-state index contributed by atoms with van der Waals surface area (Å²) >= 11 is 0. The van der Waals surface area contributed by atoms with Gasteiger partial charge in [0, 0.05) is 0 Å². The quantitative estimate of drug-likeness (QED) is 0.608. The molecule has 0 saturated heterocycles. The molecule has 0 amide bonds. The zero-order valence-electron chi connectivity index (χ0n) is 12.4. The summed E-state index contributed by atoms with van der Waals surface area (Å²) in [5, 5.41) is 0. The normalized spacial score (nSPS) is 8.50. The summed E-state index contributed by atoms with van der Waals surface area (Å²) in [5.74, 6) is 0. The summed E-state index contributed by atoms with van der Waals surface area (Å²) in [6.07, 6.45) is 1.11. The fourth-order valence-electron chi connectivity index (χ4n) is 1.56. The molecule has 0 N–H and O–H groups in total. The van der Waals surface area contributed by atoms with Crippen LogP contribution in [0.2, 0.25) is 0 Å². The molecule has 18 heavy (non-hydrogen) atoms. The Bertz CT molecular complexity index is 384. The van der Waals surface area contributed by atoms with Crippen molar-refractivity contribution in [3.63, 3.8) is 0 Å². The molecule has 0 saturated carbocycles. The maximum atomic E-state index is 2.20. The summed E-state index contributed by atoms with van der Waals surface area (Å²) in [6, 6.07) is 19.2. The molecule has 0 radical (unpaired) electrons. The van der Waals surface area contributed by atoms with Gasteiger partial charge in [-0.2, -0.15) is 0 Å². The van der Waals surface area contributed by atoms with Gasteiger partial charge in [0.2, 0.25) is 0 Å². The standard InChI is InChI=1S/C14H14.2C2H6/c1-2-12-8-10-14(11-9-12)13-6-4-3-5-7-13;2*1-2/h3-11H,2H2,1H3;2*1-2H3. The van der Waals surface area contributed by atoms with Gasteiger partial charge in [0.15, 0.2) is 0 Å². The zero-order chi connectivity index (χ0) is 13.8. The van der Waals surface area contributed by atoms with Crippen molar-refractivity contribution in [3.05, 3.63) is 60.2 Å². The second-order valence-corrected chi connectivity index (χ2v) is 3.42. The molecule has 0 nitrogen and oxygen atoms in total. The topological polar surface area (TPSA) is 0 Å². The molecule has 98 valence electrons. The first kappa shape index (κ1) is 16.4. The lowest BCUT2D eigenvalue weighted by atomic mass is 10.0. The van der Waals surface area contributed by atoms with Gasteiger partial charge in [-0.05, 0) is 23.1 Å². The highest BCUT2D eigenvalue weighted by molar-refractivity contribution is 5.63. The van der Waals surface area contributed by atoms with Crippen LogP contribution in [0.4, 0.5) is 0 Å². The lowest BCUT2D eigenvalue weighted by Gasteiger charge is -2.02. The van der Waals surface area contributed by atoms with Crippen molar-refractivity contribution in [2.24, 2.45) is 0 Å². The van der Waals surface area contributed by atoms with E-state index in [2.05, 4.69) is 55.5 Å². The minimum absolute atomic E-state index is 1.11. The lowest BCUT2D eigenvalue weighted by molar-refractivity contribution is 1.14. The van der Waals surface area contributed by atoms with Crippen molar-refractivity contribution < 1.29 is 0 Å². The number of aryl methyl sites for hydroxylation is 1. The molecule has 0 unspecified atom stereocenters. The van der Waals surface area contributed by atoms with E-state index in [1.165, 1.54) is 16.7 Å². The van der Waals surface area contributed by atoms with Gasteiger partial charge < -0.3 is 0 Å². The van der Waals surface area contributed by atoms with Crippen molar-refractivity contribution in [1.29, 1.82) is 0 Å². The first-order valence-corrected chi connectivity index (χ1v) is 7.04. The first-order valence-electron chi connectivity index (χ1n) is 7.04. The SMILES string of the molecule is CC.CC.CCc1ccc(-c2ccccc2)cc1. The van der Waals surface area contributed by atoms with Gasteiger partial charge in [-0.1, -0.05) is 89.2 Å². The Morgan fingerprint density at radius 3 is 1.50 bits per heavy atom. The van der Waals surface area contributed by atoms with Crippen LogP contribution in [0.15, 0.2) is 54.6 Å². The van der Waals surface area contributed by atoms with E-state index in [0.717, 1.165) is 6.42 Å². The molecule has 0 aliphatic heterocycles. The molecule has 0 aromatic heterocycles. The minimum atomic E-state index is 1.11. The fourth-order valence-corrected chi connectivity index (χ4v) is 1.56. The monoisotopic (exact) mass is 242 g/mol. The van der Waals surface area contributed by atoms with Gasteiger partial charge in [-0.3, -0.25) is 0 Å². The van der Waals surface area contributed by atoms with Crippen LogP contribution in [0.5, 0.6) is 0 Å². The smallest absolute Gasteiger partial charge is 0.0184 e. The molecule has 0 heterocycles. The third-order valence-corrected chi connectivity index (χ3v) is 2.47. The molecule has 0 bridgehead atoms. The van der Waals surface area contributed by atoms with Crippen LogP contribution in [0.3, 0.4) is 0 Å². The van der Waals surface area contributed by atoms with Crippen LogP contribution in [0, 0.1) is 0 Å². The van der Waals surface area contributed by atoms with Gasteiger partial charge in [0.05, 0.1) is 0 Å². The molecule has 2 aromatic rings. The maximum Gasteiger partial charge on any atom is -0.0184 e. The van der Waals surface area contributed by atoms with Crippen LogP contribution >= 0.6 is 0 Å². The van der Waals surface area contributed by atoms with Crippen LogP contribution in [-0.2, 0) is 6.42 Å². The molecular weight excluding hydrogens is 216 g/mol. The minimum Gasteiger partial charge on any atom is -0.0683 e. The average Bonchev–Trinajstić information content (AvgIpc) is 2.52. The summed E-state index contributed by atoms with van der Waals surface area (Å²) in [6.45, 7) is 10.2. The Balaban J connectivity index is 0.000000659. The van der Waals surface area contributed by atoms with Crippen LogP contribution in [-0.4, -0.2) is 0 Å². The Labute approximate surface area is 113 Å². The largest absolute Gasteiger partial charge is 0.0683 e. The van der Waals surface area contributed by atoms with E-state index >= 15 is 0 Å². The highest BCUT2D eigenvalue weighted by Crippen LogP contribution is 2.19. The van der Waals surface area contributed by atoms with Gasteiger partial charge >= 0.3 is 0 Å². The van der Waals surface area contributed by atoms with Crippen molar-refractivity contribution in [1.82, 2.24) is 0 Å². The Kier molecular flexibility index (Phi) is 9.67. The van der Waals surface area contributed by atoms with Crippen LogP contribution in [0.25, 0.3) is 11.1 Å². The third kappa shape index (κ3) is 5.18. The summed E-state index contributed by atoms with van der Waals surface area (Å²) in [4.78, 5) is 0. The van der Waals surface area contributed by atoms with Gasteiger partial charge in [0.1, 0.15) is 0 Å². The van der Waals surface area contributed by atoms with Crippen molar-refractivity contribution >= 4 is 0 Å². The maximum absolute atomic E-state index is 2.20. The Hall–Kier alpha value is -1.56. The predicted molar refractivity (Wildman–Crippen MR) is 84.0 cm³/mol. The number of rotatable bonds is 2. The van der Waals surface area contributed by atoms with E-state index in [4.69, 9.17) is 0 Å².